The Balaban J connectivity index is 1.86. The summed E-state index contributed by atoms with van der Waals surface area (Å²) in [5, 5.41) is 10.1. The highest BCUT2D eigenvalue weighted by Gasteiger charge is 2.75. The minimum absolute atomic E-state index is 0.00686. The Morgan fingerprint density at radius 3 is 2.32 bits per heavy atom. The molecule has 2 amide bonds. The number of hydrogen-bond acceptors (Lipinski definition) is 6. The number of methoxy groups -OCH3 is 2. The van der Waals surface area contributed by atoms with Gasteiger partial charge in [-0.15, -0.1) is 0 Å². The third kappa shape index (κ3) is 5.50. The van der Waals surface area contributed by atoms with Crippen molar-refractivity contribution in [2.24, 2.45) is 11.3 Å². The van der Waals surface area contributed by atoms with E-state index >= 15 is 0 Å². The number of ether oxygens (including phenoxy) is 3. The lowest BCUT2D eigenvalue weighted by molar-refractivity contribution is -0.184. The van der Waals surface area contributed by atoms with Gasteiger partial charge in [-0.25, -0.2) is 4.79 Å². The van der Waals surface area contributed by atoms with Gasteiger partial charge in [0.1, 0.15) is 6.61 Å². The predicted octanol–water partition coefficient (Wildman–Crippen LogP) is 4.12. The number of nitrogens with zero attached hydrogens (tertiary/aromatic N) is 2. The standard InChI is InChI=1S/C27H42N2O7Si/c1-26(2,3)27-23(28(24(27)31)15-18-9-10-21(34-4)22(13-18)35-5)19(16-29(27)25(32)33)14-20(30)17-36-11-12-37(6,7)8/h9-10,13,19,23H,11-12,14-17H2,1-8H3,(H,32,33)/t19-,23-,27+/m1/s1. The Labute approximate surface area is 221 Å². The molecule has 9 nitrogen and oxygen atoms in total. The molecule has 1 aromatic carbocycles. The van der Waals surface area contributed by atoms with Crippen LogP contribution in [0.4, 0.5) is 4.79 Å². The molecule has 0 unspecified atom stereocenters. The second-order valence-corrected chi connectivity index (χ2v) is 18.0. The van der Waals surface area contributed by atoms with E-state index in [1.54, 1.807) is 25.2 Å². The van der Waals surface area contributed by atoms with Crippen LogP contribution in [0.1, 0.15) is 32.8 Å². The SMILES string of the molecule is COc1ccc(CN2C(=O)[C@]3(C(C)(C)C)[C@H]2[C@H](CC(=O)COCC[Si](C)(C)C)CN3C(=O)O)cc1OC. The molecule has 0 spiro atoms. The van der Waals surface area contributed by atoms with E-state index in [-0.39, 0.29) is 43.7 Å². The van der Waals surface area contributed by atoms with Gasteiger partial charge in [0.05, 0.1) is 20.3 Å². The van der Waals surface area contributed by atoms with Crippen molar-refractivity contribution in [3.8, 4) is 11.5 Å². The van der Waals surface area contributed by atoms with E-state index in [1.807, 2.05) is 32.9 Å². The maximum absolute atomic E-state index is 13.8. The van der Waals surface area contributed by atoms with Gasteiger partial charge >= 0.3 is 6.09 Å². The average Bonchev–Trinajstić information content (AvgIpc) is 3.11. The fourth-order valence-electron chi connectivity index (χ4n) is 5.82. The van der Waals surface area contributed by atoms with Crippen molar-refractivity contribution in [2.75, 3.05) is 34.0 Å². The molecule has 1 N–H and O–H groups in total. The van der Waals surface area contributed by atoms with Gasteiger partial charge in [0.25, 0.3) is 5.91 Å². The minimum Gasteiger partial charge on any atom is -0.493 e. The molecule has 3 rings (SSSR count). The number of Topliss-reactive ketones (excluding diaryl/α,β-unsaturated/α-hetero) is 1. The molecular weight excluding hydrogens is 492 g/mol. The number of hydrogen-bond donors (Lipinski definition) is 1. The van der Waals surface area contributed by atoms with Crippen molar-refractivity contribution in [1.82, 2.24) is 9.80 Å². The number of benzene rings is 1. The number of rotatable bonds is 11. The fraction of sp³-hybridized carbons (Fsp3) is 0.667. The van der Waals surface area contributed by atoms with Crippen molar-refractivity contribution < 1.29 is 33.7 Å². The van der Waals surface area contributed by atoms with Gasteiger partial charge in [0.2, 0.25) is 0 Å². The normalized spacial score (nSPS) is 23.5. The van der Waals surface area contributed by atoms with Crippen molar-refractivity contribution >= 4 is 25.9 Å². The molecule has 0 bridgehead atoms. The molecule has 10 heteroatoms. The third-order valence-electron chi connectivity index (χ3n) is 7.56. The lowest BCUT2D eigenvalue weighted by Gasteiger charge is -2.61. The van der Waals surface area contributed by atoms with Crippen molar-refractivity contribution in [3.05, 3.63) is 23.8 Å². The molecular formula is C27H42N2O7Si. The monoisotopic (exact) mass is 534 g/mol. The van der Waals surface area contributed by atoms with Crippen LogP contribution in [-0.4, -0.2) is 86.3 Å². The smallest absolute Gasteiger partial charge is 0.408 e. The van der Waals surface area contributed by atoms with Crippen molar-refractivity contribution in [3.63, 3.8) is 0 Å². The Morgan fingerprint density at radius 2 is 1.78 bits per heavy atom. The zero-order valence-electron chi connectivity index (χ0n) is 23.4. The number of likely N-dealkylation sites (tertiary alicyclic amines) is 2. The number of fused-ring (bicyclic) bond motifs is 1. The first-order chi connectivity index (χ1) is 17.2. The largest absolute Gasteiger partial charge is 0.493 e. The van der Waals surface area contributed by atoms with Gasteiger partial charge in [-0.05, 0) is 29.2 Å². The van der Waals surface area contributed by atoms with E-state index in [0.717, 1.165) is 11.6 Å². The molecule has 0 radical (unpaired) electrons. The molecule has 1 aromatic rings. The topological polar surface area (TPSA) is 106 Å². The summed E-state index contributed by atoms with van der Waals surface area (Å²) in [4.78, 5) is 42.1. The van der Waals surface area contributed by atoms with Crippen LogP contribution in [-0.2, 0) is 20.9 Å². The summed E-state index contributed by atoms with van der Waals surface area (Å²) in [5.74, 6) is 0.516. The van der Waals surface area contributed by atoms with Gasteiger partial charge in [-0.1, -0.05) is 46.5 Å². The molecule has 2 saturated heterocycles. The van der Waals surface area contributed by atoms with Crippen LogP contribution in [0.15, 0.2) is 18.2 Å². The minimum atomic E-state index is -1.26. The molecule has 0 aliphatic carbocycles. The molecule has 37 heavy (non-hydrogen) atoms. The first kappa shape index (κ1) is 29.0. The summed E-state index contributed by atoms with van der Waals surface area (Å²) >= 11 is 0. The summed E-state index contributed by atoms with van der Waals surface area (Å²) in [6.07, 6.45) is -0.977. The Morgan fingerprint density at radius 1 is 1.14 bits per heavy atom. The van der Waals surface area contributed by atoms with Crippen LogP contribution < -0.4 is 9.47 Å². The first-order valence-electron chi connectivity index (χ1n) is 12.8. The number of amides is 2. The molecule has 0 aromatic heterocycles. The van der Waals surface area contributed by atoms with E-state index in [2.05, 4.69) is 19.6 Å². The molecule has 2 aliphatic heterocycles. The van der Waals surface area contributed by atoms with Crippen LogP contribution >= 0.6 is 0 Å². The quantitative estimate of drug-likeness (QED) is 0.259. The summed E-state index contributed by atoms with van der Waals surface area (Å²) in [6.45, 7) is 13.4. The number of carboxylic acid groups (broad SMARTS) is 1. The Kier molecular flexibility index (Phi) is 8.34. The van der Waals surface area contributed by atoms with Gasteiger partial charge < -0.3 is 24.2 Å². The van der Waals surface area contributed by atoms with Gasteiger partial charge in [-0.3, -0.25) is 14.5 Å². The van der Waals surface area contributed by atoms with Crippen molar-refractivity contribution in [2.45, 2.75) is 71.0 Å². The van der Waals surface area contributed by atoms with Gasteiger partial charge in [0, 0.05) is 40.1 Å². The molecule has 3 atom stereocenters. The summed E-state index contributed by atoms with van der Waals surface area (Å²) in [6, 6.07) is 6.02. The summed E-state index contributed by atoms with van der Waals surface area (Å²) in [5.41, 5.74) is -1.05. The average molecular weight is 535 g/mol. The van der Waals surface area contributed by atoms with E-state index in [4.69, 9.17) is 14.2 Å². The third-order valence-corrected chi connectivity index (χ3v) is 9.27. The van der Waals surface area contributed by atoms with Crippen molar-refractivity contribution in [1.29, 1.82) is 0 Å². The second kappa shape index (κ2) is 10.6. The fourth-order valence-corrected chi connectivity index (χ4v) is 6.57. The maximum atomic E-state index is 13.8. The number of carbonyl (C=O) groups is 3. The summed E-state index contributed by atoms with van der Waals surface area (Å²) < 4.78 is 16.4. The predicted molar refractivity (Wildman–Crippen MR) is 143 cm³/mol. The Hall–Kier alpha value is -2.59. The number of carbonyl (C=O) groups excluding carboxylic acids is 2. The van der Waals surface area contributed by atoms with Crippen LogP contribution in [0.5, 0.6) is 11.5 Å². The molecule has 2 aliphatic rings. The molecule has 2 fully saturated rings. The van der Waals surface area contributed by atoms with Gasteiger partial charge in [0.15, 0.2) is 22.8 Å². The second-order valence-electron chi connectivity index (χ2n) is 12.3. The maximum Gasteiger partial charge on any atom is 0.408 e. The van der Waals surface area contributed by atoms with Gasteiger partial charge in [-0.2, -0.15) is 0 Å². The van der Waals surface area contributed by atoms with E-state index in [1.165, 1.54) is 4.90 Å². The first-order valence-corrected chi connectivity index (χ1v) is 16.5. The van der Waals surface area contributed by atoms with Crippen LogP contribution in [0.25, 0.3) is 0 Å². The number of β-lactam (4-membered cyclic amide) rings is 1. The van der Waals surface area contributed by atoms with E-state index < -0.39 is 31.2 Å². The molecule has 0 saturated carbocycles. The zero-order valence-corrected chi connectivity index (χ0v) is 24.4. The summed E-state index contributed by atoms with van der Waals surface area (Å²) in [7, 11) is 1.85. The highest BCUT2D eigenvalue weighted by molar-refractivity contribution is 6.76. The van der Waals surface area contributed by atoms with E-state index in [9.17, 15) is 19.5 Å². The zero-order chi connectivity index (χ0) is 27.8. The highest BCUT2D eigenvalue weighted by atomic mass is 28.3. The lowest BCUT2D eigenvalue weighted by atomic mass is 9.60. The van der Waals surface area contributed by atoms with Crippen LogP contribution in [0.3, 0.4) is 0 Å². The van der Waals surface area contributed by atoms with Crippen LogP contribution in [0, 0.1) is 11.3 Å². The Bertz CT molecular complexity index is 1030. The number of ketones is 1. The lowest BCUT2D eigenvalue weighted by Crippen LogP contribution is -2.81. The van der Waals surface area contributed by atoms with Crippen LogP contribution in [0.2, 0.25) is 25.7 Å². The highest BCUT2D eigenvalue weighted by Crippen LogP contribution is 2.56. The molecule has 2 heterocycles. The van der Waals surface area contributed by atoms with E-state index in [0.29, 0.717) is 18.1 Å². The molecule has 206 valence electrons.